The van der Waals surface area contributed by atoms with E-state index in [-0.39, 0.29) is 6.04 Å². The van der Waals surface area contributed by atoms with Crippen molar-refractivity contribution in [1.29, 1.82) is 0 Å². The number of methoxy groups -OCH3 is 1. The zero-order valence-electron chi connectivity index (χ0n) is 11.7. The maximum atomic E-state index is 5.51. The molecular weight excluding hydrogens is 429 g/mol. The molecule has 0 amide bonds. The van der Waals surface area contributed by atoms with Crippen LogP contribution in [0.3, 0.4) is 0 Å². The molecule has 0 aliphatic rings. The highest BCUT2D eigenvalue weighted by molar-refractivity contribution is 14.1. The number of ether oxygens (including phenoxy) is 1. The minimum absolute atomic E-state index is 0.106. The molecule has 2 rings (SSSR count). The SMILES string of the molecule is CNC(c1cc(Br)ccc1OC)c1cccc(C)c1I. The van der Waals surface area contributed by atoms with E-state index in [4.69, 9.17) is 4.74 Å². The van der Waals surface area contributed by atoms with Gasteiger partial charge in [0.1, 0.15) is 5.75 Å². The molecule has 0 aliphatic carbocycles. The van der Waals surface area contributed by atoms with Crippen LogP contribution in [0.15, 0.2) is 40.9 Å². The number of aryl methyl sites for hydroxylation is 1. The summed E-state index contributed by atoms with van der Waals surface area (Å²) in [6.45, 7) is 2.14. The van der Waals surface area contributed by atoms with Crippen LogP contribution in [0.5, 0.6) is 5.75 Å². The van der Waals surface area contributed by atoms with Crippen molar-refractivity contribution in [1.82, 2.24) is 5.32 Å². The first-order valence-electron chi connectivity index (χ1n) is 6.34. The zero-order chi connectivity index (χ0) is 14.7. The van der Waals surface area contributed by atoms with Gasteiger partial charge in [-0.3, -0.25) is 0 Å². The average Bonchev–Trinajstić information content (AvgIpc) is 2.44. The van der Waals surface area contributed by atoms with Crippen molar-refractivity contribution in [2.45, 2.75) is 13.0 Å². The van der Waals surface area contributed by atoms with Crippen LogP contribution in [0.25, 0.3) is 0 Å². The molecule has 0 aliphatic heterocycles. The van der Waals surface area contributed by atoms with Crippen LogP contribution in [0, 0.1) is 10.5 Å². The number of hydrogen-bond acceptors (Lipinski definition) is 2. The molecule has 1 atom stereocenters. The minimum atomic E-state index is 0.106. The lowest BCUT2D eigenvalue weighted by Crippen LogP contribution is -2.20. The maximum Gasteiger partial charge on any atom is 0.124 e. The van der Waals surface area contributed by atoms with E-state index >= 15 is 0 Å². The van der Waals surface area contributed by atoms with Gasteiger partial charge in [-0.05, 0) is 65.9 Å². The van der Waals surface area contributed by atoms with E-state index < -0.39 is 0 Å². The molecule has 106 valence electrons. The molecule has 2 aromatic carbocycles. The van der Waals surface area contributed by atoms with Crippen LogP contribution in [0.2, 0.25) is 0 Å². The van der Waals surface area contributed by atoms with Crippen molar-refractivity contribution >= 4 is 38.5 Å². The van der Waals surface area contributed by atoms with Gasteiger partial charge in [0.15, 0.2) is 0 Å². The summed E-state index contributed by atoms with van der Waals surface area (Å²) in [5.41, 5.74) is 3.69. The number of benzene rings is 2. The summed E-state index contributed by atoms with van der Waals surface area (Å²) < 4.78 is 7.85. The quantitative estimate of drug-likeness (QED) is 0.690. The Morgan fingerprint density at radius 2 is 1.95 bits per heavy atom. The highest BCUT2D eigenvalue weighted by Crippen LogP contribution is 2.34. The van der Waals surface area contributed by atoms with Crippen LogP contribution in [0.4, 0.5) is 0 Å². The minimum Gasteiger partial charge on any atom is -0.496 e. The largest absolute Gasteiger partial charge is 0.496 e. The normalized spacial score (nSPS) is 12.2. The number of rotatable bonds is 4. The maximum absolute atomic E-state index is 5.51. The van der Waals surface area contributed by atoms with Crippen molar-refractivity contribution in [3.05, 3.63) is 61.1 Å². The standard InChI is InChI=1S/C16H17BrINO/c1-10-5-4-6-12(15(10)18)16(19-2)13-9-11(17)7-8-14(13)20-3/h4-9,16,19H,1-3H3. The first-order valence-corrected chi connectivity index (χ1v) is 8.21. The van der Waals surface area contributed by atoms with E-state index in [1.54, 1.807) is 7.11 Å². The average molecular weight is 446 g/mol. The summed E-state index contributed by atoms with van der Waals surface area (Å²) in [6, 6.07) is 12.6. The van der Waals surface area contributed by atoms with Gasteiger partial charge in [0.2, 0.25) is 0 Å². The van der Waals surface area contributed by atoms with Crippen molar-refractivity contribution < 1.29 is 4.74 Å². The smallest absolute Gasteiger partial charge is 0.124 e. The second-order valence-electron chi connectivity index (χ2n) is 4.59. The van der Waals surface area contributed by atoms with E-state index in [2.05, 4.69) is 75.0 Å². The van der Waals surface area contributed by atoms with Crippen LogP contribution in [-0.4, -0.2) is 14.2 Å². The molecule has 0 aromatic heterocycles. The lowest BCUT2D eigenvalue weighted by molar-refractivity contribution is 0.405. The summed E-state index contributed by atoms with van der Waals surface area (Å²) >= 11 is 5.95. The van der Waals surface area contributed by atoms with Crippen LogP contribution >= 0.6 is 38.5 Å². The fourth-order valence-electron chi connectivity index (χ4n) is 2.30. The molecule has 2 nitrogen and oxygen atoms in total. The number of hydrogen-bond donors (Lipinski definition) is 1. The fourth-order valence-corrected chi connectivity index (χ4v) is 3.35. The van der Waals surface area contributed by atoms with Gasteiger partial charge in [-0.25, -0.2) is 0 Å². The summed E-state index contributed by atoms with van der Waals surface area (Å²) in [6.07, 6.45) is 0. The monoisotopic (exact) mass is 445 g/mol. The van der Waals surface area contributed by atoms with Crippen molar-refractivity contribution in [2.75, 3.05) is 14.2 Å². The predicted molar refractivity (Wildman–Crippen MR) is 95.5 cm³/mol. The molecule has 4 heteroatoms. The van der Waals surface area contributed by atoms with Gasteiger partial charge >= 0.3 is 0 Å². The molecule has 0 fully saturated rings. The lowest BCUT2D eigenvalue weighted by atomic mass is 9.97. The Hall–Kier alpha value is -0.590. The summed E-state index contributed by atoms with van der Waals surface area (Å²) in [5.74, 6) is 0.893. The fraction of sp³-hybridized carbons (Fsp3) is 0.250. The third-order valence-electron chi connectivity index (χ3n) is 3.32. The number of halogens is 2. The molecule has 0 heterocycles. The van der Waals surface area contributed by atoms with Gasteiger partial charge in [-0.2, -0.15) is 0 Å². The first-order chi connectivity index (χ1) is 9.58. The van der Waals surface area contributed by atoms with Gasteiger partial charge in [-0.15, -0.1) is 0 Å². The molecule has 0 saturated heterocycles. The predicted octanol–water partition coefficient (Wildman–Crippen LogP) is 4.68. The van der Waals surface area contributed by atoms with E-state index in [1.165, 1.54) is 14.7 Å². The second kappa shape index (κ2) is 6.91. The number of nitrogens with one attached hydrogen (secondary N) is 1. The molecule has 0 saturated carbocycles. The Morgan fingerprint density at radius 3 is 2.60 bits per heavy atom. The Bertz CT molecular complexity index is 615. The van der Waals surface area contributed by atoms with Gasteiger partial charge in [-0.1, -0.05) is 34.1 Å². The summed E-state index contributed by atoms with van der Waals surface area (Å²) in [5, 5.41) is 3.40. The molecule has 1 unspecified atom stereocenters. The zero-order valence-corrected chi connectivity index (χ0v) is 15.4. The molecule has 0 radical (unpaired) electrons. The molecule has 2 aromatic rings. The highest BCUT2D eigenvalue weighted by atomic mass is 127. The first kappa shape index (κ1) is 15.8. The Kier molecular flexibility index (Phi) is 5.46. The van der Waals surface area contributed by atoms with Crippen molar-refractivity contribution in [3.8, 4) is 5.75 Å². The Balaban J connectivity index is 2.58. The molecule has 1 N–H and O–H groups in total. The molecule has 0 bridgehead atoms. The molecule has 20 heavy (non-hydrogen) atoms. The van der Waals surface area contributed by atoms with Gasteiger partial charge in [0.25, 0.3) is 0 Å². The van der Waals surface area contributed by atoms with E-state index in [0.29, 0.717) is 0 Å². The van der Waals surface area contributed by atoms with Crippen LogP contribution in [-0.2, 0) is 0 Å². The van der Waals surface area contributed by atoms with E-state index in [0.717, 1.165) is 15.8 Å². The van der Waals surface area contributed by atoms with Crippen LogP contribution in [0.1, 0.15) is 22.7 Å². The topological polar surface area (TPSA) is 21.3 Å². The third kappa shape index (κ3) is 3.18. The van der Waals surface area contributed by atoms with Crippen molar-refractivity contribution in [3.63, 3.8) is 0 Å². The third-order valence-corrected chi connectivity index (χ3v) is 5.29. The molecule has 0 spiro atoms. The molecular formula is C16H17BrINO. The Morgan fingerprint density at radius 1 is 1.20 bits per heavy atom. The van der Waals surface area contributed by atoms with E-state index in [9.17, 15) is 0 Å². The van der Waals surface area contributed by atoms with Gasteiger partial charge < -0.3 is 10.1 Å². The summed E-state index contributed by atoms with van der Waals surface area (Å²) in [4.78, 5) is 0. The van der Waals surface area contributed by atoms with Crippen molar-refractivity contribution in [2.24, 2.45) is 0 Å². The lowest BCUT2D eigenvalue weighted by Gasteiger charge is -2.22. The van der Waals surface area contributed by atoms with Gasteiger partial charge in [0.05, 0.1) is 13.2 Å². The highest BCUT2D eigenvalue weighted by Gasteiger charge is 2.19. The Labute approximate surface area is 142 Å². The second-order valence-corrected chi connectivity index (χ2v) is 6.58. The van der Waals surface area contributed by atoms with Crippen LogP contribution < -0.4 is 10.1 Å². The summed E-state index contributed by atoms with van der Waals surface area (Å²) in [7, 11) is 3.68. The van der Waals surface area contributed by atoms with Gasteiger partial charge in [0, 0.05) is 13.6 Å². The van der Waals surface area contributed by atoms with E-state index in [1.807, 2.05) is 19.2 Å².